The van der Waals surface area contributed by atoms with E-state index >= 15 is 0 Å². The number of thiazole rings is 1. The van der Waals surface area contributed by atoms with Crippen LogP contribution in [0.4, 0.5) is 5.13 Å². The average molecular weight is 308 g/mol. The van der Waals surface area contributed by atoms with Crippen molar-refractivity contribution in [3.8, 4) is 0 Å². The molecule has 0 radical (unpaired) electrons. The lowest BCUT2D eigenvalue weighted by molar-refractivity contribution is -0.142. The Morgan fingerprint density at radius 3 is 3.00 bits per heavy atom. The summed E-state index contributed by atoms with van der Waals surface area (Å²) in [6.07, 6.45) is 7.21. The van der Waals surface area contributed by atoms with Gasteiger partial charge < -0.3 is 9.64 Å². The molecule has 2 heterocycles. The second kappa shape index (κ2) is 6.77. The van der Waals surface area contributed by atoms with Crippen LogP contribution in [0, 0.1) is 11.8 Å². The maximum atomic E-state index is 11.5. The zero-order valence-corrected chi connectivity index (χ0v) is 13.5. The molecule has 3 rings (SSSR count). The van der Waals surface area contributed by atoms with Gasteiger partial charge in [-0.3, -0.25) is 4.79 Å². The number of hydrogen-bond donors (Lipinski definition) is 0. The van der Waals surface area contributed by atoms with Gasteiger partial charge >= 0.3 is 5.97 Å². The Kier molecular flexibility index (Phi) is 4.78. The molecule has 0 bridgehead atoms. The lowest BCUT2D eigenvalue weighted by atomic mass is 9.75. The van der Waals surface area contributed by atoms with Crippen molar-refractivity contribution < 1.29 is 9.53 Å². The fourth-order valence-electron chi connectivity index (χ4n) is 3.66. The first-order valence-electron chi connectivity index (χ1n) is 8.11. The Morgan fingerprint density at radius 2 is 2.19 bits per heavy atom. The first kappa shape index (κ1) is 14.8. The number of anilines is 1. The van der Waals surface area contributed by atoms with Gasteiger partial charge in [-0.05, 0) is 31.6 Å². The standard InChI is InChI=1S/C16H24N2O2S/c1-2-20-15(19)9-14-11-21-16(17-14)18-8-7-12-5-3-4-6-13(12)10-18/h11-13H,2-10H2,1H3. The predicted octanol–water partition coefficient (Wildman–Crippen LogP) is 3.27. The van der Waals surface area contributed by atoms with E-state index in [0.717, 1.165) is 35.8 Å². The van der Waals surface area contributed by atoms with Crippen molar-refractivity contribution in [2.45, 2.75) is 45.4 Å². The van der Waals surface area contributed by atoms with E-state index in [0.29, 0.717) is 13.0 Å². The van der Waals surface area contributed by atoms with Crippen molar-refractivity contribution >= 4 is 22.4 Å². The van der Waals surface area contributed by atoms with E-state index in [9.17, 15) is 4.79 Å². The second-order valence-electron chi connectivity index (χ2n) is 6.14. The van der Waals surface area contributed by atoms with E-state index in [1.165, 1.54) is 32.1 Å². The normalized spacial score (nSPS) is 25.5. The molecule has 21 heavy (non-hydrogen) atoms. The highest BCUT2D eigenvalue weighted by Gasteiger charge is 2.32. The number of aromatic nitrogens is 1. The summed E-state index contributed by atoms with van der Waals surface area (Å²) in [5.74, 6) is 1.61. The summed E-state index contributed by atoms with van der Waals surface area (Å²) in [5, 5.41) is 3.08. The van der Waals surface area contributed by atoms with Crippen LogP contribution in [0.3, 0.4) is 0 Å². The Balaban J connectivity index is 1.59. The number of carbonyl (C=O) groups is 1. The van der Waals surface area contributed by atoms with Crippen LogP contribution in [0.5, 0.6) is 0 Å². The minimum absolute atomic E-state index is 0.180. The van der Waals surface area contributed by atoms with E-state index in [2.05, 4.69) is 9.88 Å². The molecule has 1 aromatic rings. The third kappa shape index (κ3) is 3.57. The molecule has 0 spiro atoms. The summed E-state index contributed by atoms with van der Waals surface area (Å²) in [7, 11) is 0. The molecule has 5 heteroatoms. The van der Waals surface area contributed by atoms with Crippen molar-refractivity contribution in [1.29, 1.82) is 0 Å². The van der Waals surface area contributed by atoms with Crippen LogP contribution in [0.25, 0.3) is 0 Å². The SMILES string of the molecule is CCOC(=O)Cc1csc(N2CCC3CCCCC3C2)n1. The van der Waals surface area contributed by atoms with Crippen LogP contribution in [0.2, 0.25) is 0 Å². The molecule has 1 saturated heterocycles. The number of nitrogens with zero attached hydrogens (tertiary/aromatic N) is 2. The Hall–Kier alpha value is -1.10. The molecule has 4 nitrogen and oxygen atoms in total. The largest absolute Gasteiger partial charge is 0.466 e. The predicted molar refractivity (Wildman–Crippen MR) is 84.7 cm³/mol. The molecule has 1 saturated carbocycles. The highest BCUT2D eigenvalue weighted by atomic mass is 32.1. The van der Waals surface area contributed by atoms with Crippen LogP contribution in [-0.2, 0) is 16.0 Å². The Labute approximate surface area is 130 Å². The lowest BCUT2D eigenvalue weighted by Gasteiger charge is -2.41. The fourth-order valence-corrected chi connectivity index (χ4v) is 4.52. The third-order valence-corrected chi connectivity index (χ3v) is 5.68. The molecule has 0 amide bonds. The van der Waals surface area contributed by atoms with Gasteiger partial charge in [-0.25, -0.2) is 4.98 Å². The van der Waals surface area contributed by atoms with Gasteiger partial charge in [0.25, 0.3) is 0 Å². The molecule has 1 aliphatic carbocycles. The number of esters is 1. The second-order valence-corrected chi connectivity index (χ2v) is 6.98. The van der Waals surface area contributed by atoms with Crippen LogP contribution in [0.15, 0.2) is 5.38 Å². The van der Waals surface area contributed by atoms with Gasteiger partial charge in [0.2, 0.25) is 0 Å². The van der Waals surface area contributed by atoms with Gasteiger partial charge in [-0.1, -0.05) is 19.3 Å². The maximum absolute atomic E-state index is 11.5. The molecule has 2 unspecified atom stereocenters. The van der Waals surface area contributed by atoms with Gasteiger partial charge in [0, 0.05) is 18.5 Å². The van der Waals surface area contributed by atoms with Gasteiger partial charge in [0.1, 0.15) is 0 Å². The number of ether oxygens (including phenoxy) is 1. The molecule has 0 aromatic carbocycles. The third-order valence-electron chi connectivity index (χ3n) is 4.73. The van der Waals surface area contributed by atoms with Crippen LogP contribution in [-0.4, -0.2) is 30.6 Å². The minimum Gasteiger partial charge on any atom is -0.466 e. The van der Waals surface area contributed by atoms with Crippen molar-refractivity contribution in [2.75, 3.05) is 24.6 Å². The average Bonchev–Trinajstić information content (AvgIpc) is 2.95. The highest BCUT2D eigenvalue weighted by Crippen LogP contribution is 2.38. The monoisotopic (exact) mass is 308 g/mol. The minimum atomic E-state index is -0.180. The van der Waals surface area contributed by atoms with Gasteiger partial charge in [-0.15, -0.1) is 11.3 Å². The summed E-state index contributed by atoms with van der Waals surface area (Å²) in [6.45, 7) is 4.54. The van der Waals surface area contributed by atoms with Gasteiger partial charge in [-0.2, -0.15) is 0 Å². The number of piperidine rings is 1. The first-order valence-corrected chi connectivity index (χ1v) is 8.99. The quantitative estimate of drug-likeness (QED) is 0.801. The zero-order valence-electron chi connectivity index (χ0n) is 12.7. The fraction of sp³-hybridized carbons (Fsp3) is 0.750. The van der Waals surface area contributed by atoms with Crippen LogP contribution in [0.1, 0.15) is 44.7 Å². The van der Waals surface area contributed by atoms with Crippen molar-refractivity contribution in [2.24, 2.45) is 11.8 Å². The Morgan fingerprint density at radius 1 is 1.38 bits per heavy atom. The lowest BCUT2D eigenvalue weighted by Crippen LogP contribution is -2.41. The molecule has 2 fully saturated rings. The first-order chi connectivity index (χ1) is 10.3. The van der Waals surface area contributed by atoms with Gasteiger partial charge in [0.15, 0.2) is 5.13 Å². The zero-order chi connectivity index (χ0) is 14.7. The highest BCUT2D eigenvalue weighted by molar-refractivity contribution is 7.13. The topological polar surface area (TPSA) is 42.4 Å². The number of carbonyl (C=O) groups excluding carboxylic acids is 1. The van der Waals surface area contributed by atoms with Gasteiger partial charge in [0.05, 0.1) is 18.7 Å². The van der Waals surface area contributed by atoms with Crippen molar-refractivity contribution in [3.05, 3.63) is 11.1 Å². The summed E-state index contributed by atoms with van der Waals surface area (Å²) in [4.78, 5) is 18.6. The molecule has 2 atom stereocenters. The summed E-state index contributed by atoms with van der Waals surface area (Å²) < 4.78 is 4.98. The molecule has 0 N–H and O–H groups in total. The van der Waals surface area contributed by atoms with E-state index in [-0.39, 0.29) is 5.97 Å². The van der Waals surface area contributed by atoms with E-state index < -0.39 is 0 Å². The van der Waals surface area contributed by atoms with E-state index in [1.54, 1.807) is 11.3 Å². The molecular formula is C16H24N2O2S. The Bertz CT molecular complexity index is 488. The summed E-state index contributed by atoms with van der Waals surface area (Å²) in [5.41, 5.74) is 0.846. The number of hydrogen-bond acceptors (Lipinski definition) is 5. The molecule has 1 aromatic heterocycles. The van der Waals surface area contributed by atoms with Crippen molar-refractivity contribution in [1.82, 2.24) is 4.98 Å². The smallest absolute Gasteiger partial charge is 0.311 e. The number of fused-ring (bicyclic) bond motifs is 1. The molecule has 2 aliphatic rings. The summed E-state index contributed by atoms with van der Waals surface area (Å²) >= 11 is 1.66. The molecule has 1 aliphatic heterocycles. The number of rotatable bonds is 4. The van der Waals surface area contributed by atoms with Crippen molar-refractivity contribution in [3.63, 3.8) is 0 Å². The summed E-state index contributed by atoms with van der Waals surface area (Å²) in [6, 6.07) is 0. The van der Waals surface area contributed by atoms with E-state index in [4.69, 9.17) is 4.74 Å². The molecule has 116 valence electrons. The molecular weight excluding hydrogens is 284 g/mol. The van der Waals surface area contributed by atoms with Crippen LogP contribution >= 0.6 is 11.3 Å². The maximum Gasteiger partial charge on any atom is 0.311 e. The van der Waals surface area contributed by atoms with E-state index in [1.807, 2.05) is 12.3 Å². The van der Waals surface area contributed by atoms with Crippen LogP contribution < -0.4 is 4.90 Å².